The Balaban J connectivity index is 2.99. The Bertz CT molecular complexity index is 319. The monoisotopic (exact) mass is 217 g/mol. The average molecular weight is 218 g/mol. The van der Waals surface area contributed by atoms with Crippen molar-refractivity contribution in [3.63, 3.8) is 0 Å². The van der Waals surface area contributed by atoms with E-state index in [4.69, 9.17) is 17.3 Å². The molecule has 2 nitrogen and oxygen atoms in total. The van der Waals surface area contributed by atoms with E-state index in [-0.39, 0.29) is 5.56 Å². The van der Waals surface area contributed by atoms with Gasteiger partial charge in [0.2, 0.25) is 0 Å². The van der Waals surface area contributed by atoms with Crippen LogP contribution < -0.4 is 5.73 Å². The highest BCUT2D eigenvalue weighted by molar-refractivity contribution is 6.30. The van der Waals surface area contributed by atoms with Gasteiger partial charge in [0, 0.05) is 10.6 Å². The lowest BCUT2D eigenvalue weighted by molar-refractivity contribution is 0.139. The Hall–Kier alpha value is -0.640. The zero-order valence-electron chi connectivity index (χ0n) is 7.87. The molecule has 0 saturated heterocycles. The smallest absolute Gasteiger partial charge is 0.128 e. The summed E-state index contributed by atoms with van der Waals surface area (Å²) in [7, 11) is 0. The van der Waals surface area contributed by atoms with E-state index in [0.29, 0.717) is 11.4 Å². The normalized spacial score (nSPS) is 15.2. The van der Waals surface area contributed by atoms with Gasteiger partial charge in [-0.25, -0.2) is 4.39 Å². The van der Waals surface area contributed by atoms with Crippen molar-refractivity contribution in [1.29, 1.82) is 0 Å². The maximum atomic E-state index is 13.3. The standard InChI is InChI=1S/C10H13ClFNO/c1-2-9(14)10(13)7-5-6(11)3-4-8(7)12/h3-5,9-10,14H,2,13H2,1H3/t9-,10+/m1/s1. The largest absolute Gasteiger partial charge is 0.391 e. The summed E-state index contributed by atoms with van der Waals surface area (Å²) in [5, 5.41) is 9.88. The van der Waals surface area contributed by atoms with Crippen molar-refractivity contribution >= 4 is 11.6 Å². The van der Waals surface area contributed by atoms with E-state index in [1.54, 1.807) is 6.92 Å². The minimum Gasteiger partial charge on any atom is -0.391 e. The van der Waals surface area contributed by atoms with Crippen LogP contribution in [0.5, 0.6) is 0 Å². The number of nitrogens with two attached hydrogens (primary N) is 1. The van der Waals surface area contributed by atoms with Crippen molar-refractivity contribution in [2.45, 2.75) is 25.5 Å². The molecule has 0 aliphatic rings. The second-order valence-electron chi connectivity index (χ2n) is 3.17. The molecular formula is C10H13ClFNO. The summed E-state index contributed by atoms with van der Waals surface area (Å²) in [6, 6.07) is 3.42. The highest BCUT2D eigenvalue weighted by Crippen LogP contribution is 2.23. The molecule has 78 valence electrons. The van der Waals surface area contributed by atoms with Crippen molar-refractivity contribution in [3.8, 4) is 0 Å². The zero-order valence-corrected chi connectivity index (χ0v) is 8.63. The first kappa shape index (κ1) is 11.4. The van der Waals surface area contributed by atoms with E-state index >= 15 is 0 Å². The van der Waals surface area contributed by atoms with Gasteiger partial charge in [0.1, 0.15) is 5.82 Å². The number of halogens is 2. The Morgan fingerprint density at radius 3 is 2.79 bits per heavy atom. The van der Waals surface area contributed by atoms with Crippen molar-refractivity contribution in [3.05, 3.63) is 34.6 Å². The van der Waals surface area contributed by atoms with Gasteiger partial charge in [-0.3, -0.25) is 0 Å². The molecule has 0 aromatic heterocycles. The first-order valence-corrected chi connectivity index (χ1v) is 4.82. The Kier molecular flexibility index (Phi) is 3.86. The van der Waals surface area contributed by atoms with Gasteiger partial charge in [0.25, 0.3) is 0 Å². The van der Waals surface area contributed by atoms with Crippen LogP contribution >= 0.6 is 11.6 Å². The van der Waals surface area contributed by atoms with Crippen LogP contribution in [0, 0.1) is 5.82 Å². The summed E-state index contributed by atoms with van der Waals surface area (Å²) in [6.07, 6.45) is -0.268. The third-order valence-electron chi connectivity index (χ3n) is 2.15. The Morgan fingerprint density at radius 2 is 2.21 bits per heavy atom. The molecule has 0 unspecified atom stereocenters. The minimum absolute atomic E-state index is 0.256. The number of benzene rings is 1. The number of hydrogen-bond donors (Lipinski definition) is 2. The summed E-state index contributed by atoms with van der Waals surface area (Å²) >= 11 is 5.70. The first-order chi connectivity index (χ1) is 6.56. The molecule has 4 heteroatoms. The van der Waals surface area contributed by atoms with Crippen molar-refractivity contribution < 1.29 is 9.50 Å². The summed E-state index contributed by atoms with van der Waals surface area (Å²) < 4.78 is 13.3. The molecule has 0 heterocycles. The molecule has 1 rings (SSSR count). The zero-order chi connectivity index (χ0) is 10.7. The van der Waals surface area contributed by atoms with E-state index in [1.165, 1.54) is 18.2 Å². The number of rotatable bonds is 3. The Labute approximate surface area is 87.5 Å². The van der Waals surface area contributed by atoms with Gasteiger partial charge in [0.15, 0.2) is 0 Å². The SMILES string of the molecule is CC[C@@H](O)[C@@H](N)c1cc(Cl)ccc1F. The van der Waals surface area contributed by atoms with Crippen LogP contribution in [0.1, 0.15) is 24.9 Å². The molecule has 0 spiro atoms. The molecule has 14 heavy (non-hydrogen) atoms. The van der Waals surface area contributed by atoms with Crippen LogP contribution in [0.3, 0.4) is 0 Å². The predicted molar refractivity (Wildman–Crippen MR) is 54.6 cm³/mol. The lowest BCUT2D eigenvalue weighted by Gasteiger charge is -2.18. The average Bonchev–Trinajstić information content (AvgIpc) is 2.19. The molecule has 0 radical (unpaired) electrons. The summed E-state index contributed by atoms with van der Waals surface area (Å²) in [5.74, 6) is -0.436. The van der Waals surface area contributed by atoms with Crippen LogP contribution in [0.2, 0.25) is 5.02 Å². The van der Waals surface area contributed by atoms with E-state index in [0.717, 1.165) is 0 Å². The highest BCUT2D eigenvalue weighted by Gasteiger charge is 2.18. The number of hydrogen-bond acceptors (Lipinski definition) is 2. The van der Waals surface area contributed by atoms with Crippen LogP contribution in [0.4, 0.5) is 4.39 Å². The van der Waals surface area contributed by atoms with E-state index in [9.17, 15) is 9.50 Å². The molecule has 0 amide bonds. The molecule has 1 aromatic rings. The van der Waals surface area contributed by atoms with Gasteiger partial charge < -0.3 is 10.8 Å². The van der Waals surface area contributed by atoms with Gasteiger partial charge >= 0.3 is 0 Å². The van der Waals surface area contributed by atoms with Crippen LogP contribution in [-0.2, 0) is 0 Å². The first-order valence-electron chi connectivity index (χ1n) is 4.44. The van der Waals surface area contributed by atoms with E-state index < -0.39 is 18.0 Å². The topological polar surface area (TPSA) is 46.2 Å². The molecule has 0 bridgehead atoms. The Morgan fingerprint density at radius 1 is 1.57 bits per heavy atom. The van der Waals surface area contributed by atoms with E-state index in [2.05, 4.69) is 0 Å². The van der Waals surface area contributed by atoms with Gasteiger partial charge in [-0.15, -0.1) is 0 Å². The van der Waals surface area contributed by atoms with E-state index in [1.807, 2.05) is 0 Å². The number of aliphatic hydroxyl groups excluding tert-OH is 1. The van der Waals surface area contributed by atoms with Gasteiger partial charge in [-0.05, 0) is 24.6 Å². The second-order valence-corrected chi connectivity index (χ2v) is 3.60. The lowest BCUT2D eigenvalue weighted by Crippen LogP contribution is -2.26. The maximum Gasteiger partial charge on any atom is 0.128 e. The fraction of sp³-hybridized carbons (Fsp3) is 0.400. The second kappa shape index (κ2) is 4.73. The number of aliphatic hydroxyl groups is 1. The summed E-state index contributed by atoms with van der Waals surface area (Å²) in [6.45, 7) is 1.78. The summed E-state index contributed by atoms with van der Waals surface area (Å²) in [4.78, 5) is 0. The highest BCUT2D eigenvalue weighted by atomic mass is 35.5. The predicted octanol–water partition coefficient (Wildman–Crippen LogP) is 2.25. The van der Waals surface area contributed by atoms with Crippen LogP contribution in [0.25, 0.3) is 0 Å². The van der Waals surface area contributed by atoms with Gasteiger partial charge in [0.05, 0.1) is 12.1 Å². The minimum atomic E-state index is -0.747. The van der Waals surface area contributed by atoms with Crippen molar-refractivity contribution in [1.82, 2.24) is 0 Å². The van der Waals surface area contributed by atoms with Crippen LogP contribution in [-0.4, -0.2) is 11.2 Å². The summed E-state index contributed by atoms with van der Waals surface area (Å²) in [5.41, 5.74) is 5.93. The van der Waals surface area contributed by atoms with Crippen molar-refractivity contribution in [2.24, 2.45) is 5.73 Å². The third kappa shape index (κ3) is 2.44. The van der Waals surface area contributed by atoms with Gasteiger partial charge in [-0.2, -0.15) is 0 Å². The third-order valence-corrected chi connectivity index (χ3v) is 2.39. The molecule has 2 atom stereocenters. The fourth-order valence-electron chi connectivity index (χ4n) is 1.23. The molecule has 1 aromatic carbocycles. The van der Waals surface area contributed by atoms with Crippen molar-refractivity contribution in [2.75, 3.05) is 0 Å². The fourth-order valence-corrected chi connectivity index (χ4v) is 1.41. The quantitative estimate of drug-likeness (QED) is 0.816. The molecule has 0 aliphatic heterocycles. The molecule has 0 aliphatic carbocycles. The lowest BCUT2D eigenvalue weighted by atomic mass is 10.0. The molecule has 0 saturated carbocycles. The van der Waals surface area contributed by atoms with Crippen LogP contribution in [0.15, 0.2) is 18.2 Å². The molecule has 3 N–H and O–H groups in total. The molecular weight excluding hydrogens is 205 g/mol. The molecule has 0 fully saturated rings. The van der Waals surface area contributed by atoms with Gasteiger partial charge in [-0.1, -0.05) is 18.5 Å². The maximum absolute atomic E-state index is 13.3.